The lowest BCUT2D eigenvalue weighted by Gasteiger charge is -2.18. The van der Waals surface area contributed by atoms with Crippen LogP contribution in [-0.2, 0) is 19.1 Å². The molecule has 0 saturated heterocycles. The first-order valence-corrected chi connectivity index (χ1v) is 11.7. The standard InChI is InChI=1S/C24H42O4/c1-4-6-7-8-9-10-11-14-20-17-18-23(26)21(20)15-12-13-16-22(25)19(3)24(27)28-5-2/h19-21H,4-18H2,1-3H3/t19?,20-,21+/m0/s1. The van der Waals surface area contributed by atoms with E-state index in [2.05, 4.69) is 6.92 Å². The molecular formula is C24H42O4. The third-order valence-corrected chi connectivity index (χ3v) is 6.23. The monoisotopic (exact) mass is 394 g/mol. The molecule has 0 aliphatic heterocycles. The highest BCUT2D eigenvalue weighted by Gasteiger charge is 2.33. The summed E-state index contributed by atoms with van der Waals surface area (Å²) < 4.78 is 4.91. The highest BCUT2D eigenvalue weighted by Crippen LogP contribution is 2.36. The Labute approximate surface area is 172 Å². The molecule has 1 aliphatic carbocycles. The first kappa shape index (κ1) is 24.8. The molecule has 162 valence electrons. The van der Waals surface area contributed by atoms with Crippen molar-refractivity contribution in [3.8, 4) is 0 Å². The number of ether oxygens (including phenoxy) is 1. The summed E-state index contributed by atoms with van der Waals surface area (Å²) in [7, 11) is 0. The maximum Gasteiger partial charge on any atom is 0.316 e. The van der Waals surface area contributed by atoms with Crippen molar-refractivity contribution >= 4 is 17.5 Å². The van der Waals surface area contributed by atoms with Crippen LogP contribution in [0, 0.1) is 17.8 Å². The van der Waals surface area contributed by atoms with Crippen molar-refractivity contribution in [3.63, 3.8) is 0 Å². The van der Waals surface area contributed by atoms with Crippen LogP contribution in [0.4, 0.5) is 0 Å². The van der Waals surface area contributed by atoms with Crippen molar-refractivity contribution in [2.45, 2.75) is 111 Å². The van der Waals surface area contributed by atoms with Gasteiger partial charge in [0.2, 0.25) is 0 Å². The predicted molar refractivity (Wildman–Crippen MR) is 113 cm³/mol. The van der Waals surface area contributed by atoms with Crippen LogP contribution in [0.5, 0.6) is 0 Å². The summed E-state index contributed by atoms with van der Waals surface area (Å²) in [4.78, 5) is 36.0. The maximum absolute atomic E-state index is 12.3. The third-order valence-electron chi connectivity index (χ3n) is 6.23. The summed E-state index contributed by atoms with van der Waals surface area (Å²) in [6.45, 7) is 5.92. The molecule has 0 heterocycles. The van der Waals surface area contributed by atoms with E-state index in [1.807, 2.05) is 0 Å². The van der Waals surface area contributed by atoms with E-state index in [1.54, 1.807) is 13.8 Å². The van der Waals surface area contributed by atoms with Gasteiger partial charge in [-0.25, -0.2) is 0 Å². The second kappa shape index (κ2) is 14.8. The summed E-state index contributed by atoms with van der Waals surface area (Å²) in [5.41, 5.74) is 0. The Morgan fingerprint density at radius 2 is 1.61 bits per heavy atom. The van der Waals surface area contributed by atoms with Gasteiger partial charge in [-0.1, -0.05) is 58.3 Å². The molecule has 1 rings (SSSR count). The van der Waals surface area contributed by atoms with Gasteiger partial charge in [-0.05, 0) is 45.4 Å². The topological polar surface area (TPSA) is 60.4 Å². The van der Waals surface area contributed by atoms with Gasteiger partial charge in [-0.2, -0.15) is 0 Å². The van der Waals surface area contributed by atoms with E-state index in [1.165, 1.54) is 51.4 Å². The zero-order valence-corrected chi connectivity index (χ0v) is 18.5. The molecular weight excluding hydrogens is 352 g/mol. The van der Waals surface area contributed by atoms with E-state index in [0.29, 0.717) is 24.7 Å². The number of carbonyl (C=O) groups is 3. The molecule has 0 aromatic carbocycles. The lowest BCUT2D eigenvalue weighted by Crippen LogP contribution is -2.23. The molecule has 1 unspecified atom stereocenters. The normalized spacial score (nSPS) is 20.3. The molecule has 1 saturated carbocycles. The molecule has 4 heteroatoms. The Balaban J connectivity index is 2.21. The number of hydrogen-bond acceptors (Lipinski definition) is 4. The minimum absolute atomic E-state index is 0.0455. The van der Waals surface area contributed by atoms with Crippen LogP contribution in [0.1, 0.15) is 111 Å². The summed E-state index contributed by atoms with van der Waals surface area (Å²) in [6, 6.07) is 0. The third kappa shape index (κ3) is 9.34. The number of carbonyl (C=O) groups excluding carboxylic acids is 3. The Hall–Kier alpha value is -1.19. The van der Waals surface area contributed by atoms with Gasteiger partial charge in [0.25, 0.3) is 0 Å². The van der Waals surface area contributed by atoms with E-state index in [-0.39, 0.29) is 11.7 Å². The smallest absolute Gasteiger partial charge is 0.316 e. The number of ketones is 2. The Morgan fingerprint density at radius 3 is 2.29 bits per heavy atom. The number of hydrogen-bond donors (Lipinski definition) is 0. The average Bonchev–Trinajstić information content (AvgIpc) is 3.03. The first-order valence-electron chi connectivity index (χ1n) is 11.7. The van der Waals surface area contributed by atoms with Crippen molar-refractivity contribution in [2.75, 3.05) is 6.61 Å². The van der Waals surface area contributed by atoms with E-state index < -0.39 is 11.9 Å². The van der Waals surface area contributed by atoms with Crippen LogP contribution >= 0.6 is 0 Å². The molecule has 28 heavy (non-hydrogen) atoms. The first-order chi connectivity index (χ1) is 13.5. The van der Waals surface area contributed by atoms with Gasteiger partial charge in [0, 0.05) is 18.8 Å². The summed E-state index contributed by atoms with van der Waals surface area (Å²) >= 11 is 0. The predicted octanol–water partition coefficient (Wildman–Crippen LogP) is 6.05. The van der Waals surface area contributed by atoms with Crippen molar-refractivity contribution < 1.29 is 19.1 Å². The van der Waals surface area contributed by atoms with E-state index in [4.69, 9.17) is 4.74 Å². The fourth-order valence-electron chi connectivity index (χ4n) is 4.36. The Bertz CT molecular complexity index is 471. The van der Waals surface area contributed by atoms with Gasteiger partial charge in [0.05, 0.1) is 6.61 Å². The minimum Gasteiger partial charge on any atom is -0.465 e. The average molecular weight is 395 g/mol. The second-order valence-corrected chi connectivity index (χ2v) is 8.47. The molecule has 0 amide bonds. The molecule has 0 N–H and O–H groups in total. The lowest BCUT2D eigenvalue weighted by molar-refractivity contribution is -0.150. The van der Waals surface area contributed by atoms with Crippen LogP contribution in [0.15, 0.2) is 0 Å². The largest absolute Gasteiger partial charge is 0.465 e. The van der Waals surface area contributed by atoms with Crippen molar-refractivity contribution in [2.24, 2.45) is 17.8 Å². The van der Waals surface area contributed by atoms with Gasteiger partial charge < -0.3 is 4.74 Å². The number of unbranched alkanes of at least 4 members (excludes halogenated alkanes) is 7. The molecule has 0 radical (unpaired) electrons. The fraction of sp³-hybridized carbons (Fsp3) is 0.875. The zero-order chi connectivity index (χ0) is 20.8. The molecule has 0 aromatic rings. The van der Waals surface area contributed by atoms with Gasteiger partial charge in [0.15, 0.2) is 0 Å². The van der Waals surface area contributed by atoms with Crippen molar-refractivity contribution in [3.05, 3.63) is 0 Å². The van der Waals surface area contributed by atoms with Gasteiger partial charge in [0.1, 0.15) is 17.5 Å². The van der Waals surface area contributed by atoms with Crippen LogP contribution in [0.3, 0.4) is 0 Å². The second-order valence-electron chi connectivity index (χ2n) is 8.47. The highest BCUT2D eigenvalue weighted by molar-refractivity contribution is 5.98. The minimum atomic E-state index is -0.668. The van der Waals surface area contributed by atoms with Crippen LogP contribution in [-0.4, -0.2) is 24.1 Å². The molecule has 0 bridgehead atoms. The lowest BCUT2D eigenvalue weighted by atomic mass is 9.86. The fourth-order valence-corrected chi connectivity index (χ4v) is 4.36. The molecule has 1 aliphatic rings. The van der Waals surface area contributed by atoms with Gasteiger partial charge in [-0.3, -0.25) is 14.4 Å². The van der Waals surface area contributed by atoms with Gasteiger partial charge >= 0.3 is 5.97 Å². The van der Waals surface area contributed by atoms with E-state index in [0.717, 1.165) is 32.1 Å². The summed E-state index contributed by atoms with van der Waals surface area (Å²) in [6.07, 6.45) is 15.1. The van der Waals surface area contributed by atoms with E-state index in [9.17, 15) is 14.4 Å². The molecule has 0 aromatic heterocycles. The number of esters is 1. The summed E-state index contributed by atoms with van der Waals surface area (Å²) in [5, 5.41) is 0. The Kier molecular flexibility index (Phi) is 13.1. The van der Waals surface area contributed by atoms with Gasteiger partial charge in [-0.15, -0.1) is 0 Å². The van der Waals surface area contributed by atoms with Crippen molar-refractivity contribution in [1.82, 2.24) is 0 Å². The number of Topliss-reactive ketones (excluding diaryl/α,β-unsaturated/α-hetero) is 2. The zero-order valence-electron chi connectivity index (χ0n) is 18.5. The maximum atomic E-state index is 12.3. The quantitative estimate of drug-likeness (QED) is 0.182. The van der Waals surface area contributed by atoms with Crippen LogP contribution in [0.2, 0.25) is 0 Å². The SMILES string of the molecule is CCCCCCCCC[C@H]1CCC(=O)[C@@H]1CCCCC(=O)C(C)C(=O)OCC. The number of rotatable bonds is 16. The molecule has 0 spiro atoms. The highest BCUT2D eigenvalue weighted by atomic mass is 16.5. The van der Waals surface area contributed by atoms with Crippen LogP contribution in [0.25, 0.3) is 0 Å². The van der Waals surface area contributed by atoms with Crippen molar-refractivity contribution in [1.29, 1.82) is 0 Å². The molecule has 1 fully saturated rings. The Morgan fingerprint density at radius 1 is 0.964 bits per heavy atom. The van der Waals surface area contributed by atoms with Crippen LogP contribution < -0.4 is 0 Å². The van der Waals surface area contributed by atoms with E-state index >= 15 is 0 Å². The molecule has 4 nitrogen and oxygen atoms in total. The summed E-state index contributed by atoms with van der Waals surface area (Å²) in [5.74, 6) is 0.0522. The molecule has 3 atom stereocenters.